The van der Waals surface area contributed by atoms with E-state index in [2.05, 4.69) is 26.2 Å². The molecule has 1 heterocycles. The second-order valence-corrected chi connectivity index (χ2v) is 6.15. The Morgan fingerprint density at radius 3 is 2.76 bits per heavy atom. The molecule has 3 rings (SSSR count). The molecule has 0 aliphatic heterocycles. The number of pyridine rings is 1. The zero-order chi connectivity index (χ0) is 12.0. The fraction of sp³-hybridized carbons (Fsp3) is 0.538. The molecule has 2 atom stereocenters. The van der Waals surface area contributed by atoms with Gasteiger partial charge in [0.25, 0.3) is 0 Å². The lowest BCUT2D eigenvalue weighted by atomic mass is 10.0. The molecule has 4 heteroatoms. The third kappa shape index (κ3) is 2.23. The molecule has 0 bridgehead atoms. The maximum atomic E-state index is 12.1. The monoisotopic (exact) mass is 294 g/mol. The van der Waals surface area contributed by atoms with Gasteiger partial charge in [-0.25, -0.2) is 4.98 Å². The molecule has 2 unspecified atom stereocenters. The van der Waals surface area contributed by atoms with Crippen LogP contribution in [0.1, 0.15) is 24.8 Å². The second-order valence-electron chi connectivity index (χ2n) is 5.23. The minimum Gasteiger partial charge on any atom is -0.310 e. The summed E-state index contributed by atoms with van der Waals surface area (Å²) in [5.74, 6) is 2.73. The maximum absolute atomic E-state index is 12.1. The molecule has 2 aliphatic rings. The highest BCUT2D eigenvalue weighted by molar-refractivity contribution is 9.10. The van der Waals surface area contributed by atoms with E-state index in [0.29, 0.717) is 5.82 Å². The van der Waals surface area contributed by atoms with Gasteiger partial charge in [0, 0.05) is 16.6 Å². The molecule has 2 aliphatic carbocycles. The Labute approximate surface area is 109 Å². The van der Waals surface area contributed by atoms with E-state index in [9.17, 15) is 4.79 Å². The predicted molar refractivity (Wildman–Crippen MR) is 69.6 cm³/mol. The summed E-state index contributed by atoms with van der Waals surface area (Å²) in [5.41, 5.74) is 0.996. The van der Waals surface area contributed by atoms with Crippen LogP contribution in [0, 0.1) is 24.7 Å². The lowest BCUT2D eigenvalue weighted by Crippen LogP contribution is -2.22. The van der Waals surface area contributed by atoms with E-state index in [4.69, 9.17) is 0 Å². The van der Waals surface area contributed by atoms with Crippen molar-refractivity contribution in [2.75, 3.05) is 5.32 Å². The molecule has 0 spiro atoms. The number of halogens is 1. The number of hydrogen-bond acceptors (Lipinski definition) is 2. The quantitative estimate of drug-likeness (QED) is 0.910. The summed E-state index contributed by atoms with van der Waals surface area (Å²) >= 11 is 3.37. The average molecular weight is 295 g/mol. The summed E-state index contributed by atoms with van der Waals surface area (Å²) < 4.78 is 0.940. The number of hydrogen-bond donors (Lipinski definition) is 1. The molecule has 90 valence electrons. The van der Waals surface area contributed by atoms with Crippen LogP contribution in [-0.4, -0.2) is 10.9 Å². The van der Waals surface area contributed by atoms with Crippen LogP contribution in [-0.2, 0) is 4.79 Å². The first-order valence-corrected chi connectivity index (χ1v) is 6.86. The first-order valence-electron chi connectivity index (χ1n) is 6.06. The molecule has 17 heavy (non-hydrogen) atoms. The molecule has 1 aromatic heterocycles. The van der Waals surface area contributed by atoms with Crippen molar-refractivity contribution >= 4 is 27.7 Å². The highest BCUT2D eigenvalue weighted by atomic mass is 79.9. The van der Waals surface area contributed by atoms with Gasteiger partial charge in [0.1, 0.15) is 5.82 Å². The molecule has 1 amide bonds. The number of aryl methyl sites for hydroxylation is 1. The van der Waals surface area contributed by atoms with Crippen molar-refractivity contribution in [2.45, 2.75) is 26.2 Å². The summed E-state index contributed by atoms with van der Waals surface area (Å²) in [5, 5.41) is 2.95. The number of nitrogens with zero attached hydrogens (tertiary/aromatic N) is 1. The average Bonchev–Trinajstić information content (AvgIpc) is 2.89. The largest absolute Gasteiger partial charge is 0.310 e. The number of aromatic nitrogens is 1. The van der Waals surface area contributed by atoms with Gasteiger partial charge in [-0.1, -0.05) is 0 Å². The van der Waals surface area contributed by atoms with Gasteiger partial charge in [0.05, 0.1) is 0 Å². The number of carbonyl (C=O) groups excluding carboxylic acids is 1. The van der Waals surface area contributed by atoms with Crippen LogP contribution in [0.15, 0.2) is 16.7 Å². The first kappa shape index (κ1) is 11.2. The summed E-state index contributed by atoms with van der Waals surface area (Å²) in [7, 11) is 0. The van der Waals surface area contributed by atoms with Crippen molar-refractivity contribution < 1.29 is 4.79 Å². The fourth-order valence-electron chi connectivity index (χ4n) is 2.82. The van der Waals surface area contributed by atoms with Crippen LogP contribution in [0.5, 0.6) is 0 Å². The van der Waals surface area contributed by atoms with Gasteiger partial charge in [-0.05, 0) is 65.6 Å². The Kier molecular flexibility index (Phi) is 2.69. The highest BCUT2D eigenvalue weighted by Gasteiger charge is 2.48. The van der Waals surface area contributed by atoms with Crippen molar-refractivity contribution in [3.05, 3.63) is 22.3 Å². The second kappa shape index (κ2) is 4.09. The zero-order valence-electron chi connectivity index (χ0n) is 9.74. The van der Waals surface area contributed by atoms with Gasteiger partial charge in [-0.15, -0.1) is 0 Å². The van der Waals surface area contributed by atoms with Crippen LogP contribution in [0.3, 0.4) is 0 Å². The molecule has 0 saturated heterocycles. The number of fused-ring (bicyclic) bond motifs is 1. The van der Waals surface area contributed by atoms with Gasteiger partial charge in [0.15, 0.2) is 0 Å². The minimum atomic E-state index is 0.148. The molecule has 2 saturated carbocycles. The van der Waals surface area contributed by atoms with E-state index >= 15 is 0 Å². The molecular formula is C13H15BrN2O. The normalized spacial score (nSPS) is 29.9. The molecule has 0 radical (unpaired) electrons. The Balaban J connectivity index is 1.67. The zero-order valence-corrected chi connectivity index (χ0v) is 11.3. The molecule has 2 fully saturated rings. The van der Waals surface area contributed by atoms with E-state index < -0.39 is 0 Å². The Bertz CT molecular complexity index is 464. The lowest BCUT2D eigenvalue weighted by molar-refractivity contribution is -0.120. The van der Waals surface area contributed by atoms with Gasteiger partial charge >= 0.3 is 0 Å². The van der Waals surface area contributed by atoms with Crippen LogP contribution in [0.25, 0.3) is 0 Å². The van der Waals surface area contributed by atoms with E-state index in [1.54, 1.807) is 6.20 Å². The fourth-order valence-corrected chi connectivity index (χ4v) is 3.26. The Morgan fingerprint density at radius 1 is 1.41 bits per heavy atom. The van der Waals surface area contributed by atoms with E-state index in [0.717, 1.165) is 34.7 Å². The molecule has 1 aromatic rings. The van der Waals surface area contributed by atoms with E-state index in [1.165, 1.54) is 6.42 Å². The van der Waals surface area contributed by atoms with Crippen LogP contribution >= 0.6 is 15.9 Å². The minimum absolute atomic E-state index is 0.148. The van der Waals surface area contributed by atoms with Crippen molar-refractivity contribution in [3.63, 3.8) is 0 Å². The summed E-state index contributed by atoms with van der Waals surface area (Å²) in [6, 6.07) is 1.97. The van der Waals surface area contributed by atoms with Crippen LogP contribution in [0.4, 0.5) is 5.82 Å². The standard InChI is InChI=1S/C13H15BrN2O/c1-7-2-11(14)6-15-12(7)16-13(17)10-4-8-3-9(8)5-10/h2,6,8-10H,3-5H2,1H3,(H,15,16,17). The molecular weight excluding hydrogens is 280 g/mol. The Morgan fingerprint density at radius 2 is 2.12 bits per heavy atom. The maximum Gasteiger partial charge on any atom is 0.228 e. The lowest BCUT2D eigenvalue weighted by Gasteiger charge is -2.13. The van der Waals surface area contributed by atoms with Gasteiger partial charge in [-0.2, -0.15) is 0 Å². The van der Waals surface area contributed by atoms with Crippen molar-refractivity contribution in [1.29, 1.82) is 0 Å². The first-order chi connectivity index (χ1) is 8.13. The third-order valence-electron chi connectivity index (χ3n) is 3.90. The summed E-state index contributed by atoms with van der Waals surface area (Å²) in [6.45, 7) is 1.96. The number of carbonyl (C=O) groups is 1. The molecule has 0 aromatic carbocycles. The third-order valence-corrected chi connectivity index (χ3v) is 4.33. The van der Waals surface area contributed by atoms with Crippen LogP contribution < -0.4 is 5.32 Å². The Hall–Kier alpha value is -0.900. The summed E-state index contributed by atoms with van der Waals surface area (Å²) in [6.07, 6.45) is 5.21. The van der Waals surface area contributed by atoms with Crippen molar-refractivity contribution in [3.8, 4) is 0 Å². The van der Waals surface area contributed by atoms with Crippen LogP contribution in [0.2, 0.25) is 0 Å². The van der Waals surface area contributed by atoms with Crippen molar-refractivity contribution in [2.24, 2.45) is 17.8 Å². The molecule has 3 nitrogen and oxygen atoms in total. The number of amides is 1. The van der Waals surface area contributed by atoms with Gasteiger partial charge in [-0.3, -0.25) is 4.79 Å². The van der Waals surface area contributed by atoms with E-state index in [-0.39, 0.29) is 11.8 Å². The topological polar surface area (TPSA) is 42.0 Å². The predicted octanol–water partition coefficient (Wildman–Crippen LogP) is 3.14. The van der Waals surface area contributed by atoms with E-state index in [1.807, 2.05) is 13.0 Å². The van der Waals surface area contributed by atoms with Gasteiger partial charge in [0.2, 0.25) is 5.91 Å². The SMILES string of the molecule is Cc1cc(Br)cnc1NC(=O)C1CC2CC2C1. The number of nitrogens with one attached hydrogen (secondary N) is 1. The summed E-state index contributed by atoms with van der Waals surface area (Å²) in [4.78, 5) is 16.3. The molecule has 1 N–H and O–H groups in total. The smallest absolute Gasteiger partial charge is 0.228 e. The highest BCUT2D eigenvalue weighted by Crippen LogP contribution is 2.54. The number of rotatable bonds is 2. The number of anilines is 1. The van der Waals surface area contributed by atoms with Crippen molar-refractivity contribution in [1.82, 2.24) is 4.98 Å². The van der Waals surface area contributed by atoms with Gasteiger partial charge < -0.3 is 5.32 Å².